The molecule has 0 aliphatic heterocycles. The Morgan fingerprint density at radius 3 is 0.976 bits per heavy atom. The zero-order valence-corrected chi connectivity index (χ0v) is 24.7. The van der Waals surface area contributed by atoms with Crippen LogP contribution in [-0.2, 0) is 0 Å². The first-order chi connectivity index (χ1) is 20.3. The van der Waals surface area contributed by atoms with Gasteiger partial charge in [-0.25, -0.2) is 0 Å². The van der Waals surface area contributed by atoms with E-state index in [1.54, 1.807) is 11.3 Å². The summed E-state index contributed by atoms with van der Waals surface area (Å²) in [4.78, 5) is 0. The Hall–Kier alpha value is -4.00. The molecule has 5 heteroatoms. The van der Waals surface area contributed by atoms with Gasteiger partial charge in [0.25, 0.3) is 0 Å². The molecule has 0 N–H and O–H groups in total. The largest absolute Gasteiger partial charge is 0.463 e. The SMILES string of the molecule is c1ccc(P(Oc2cccc3c2sc2c(OP(c4ccccc4)c4ccccc4)cccc23)c2ccccc2)cc1. The number of hydrogen-bond acceptors (Lipinski definition) is 3. The fourth-order valence-corrected chi connectivity index (χ4v) is 9.68. The molecule has 1 heterocycles. The van der Waals surface area contributed by atoms with Crippen molar-refractivity contribution in [2.75, 3.05) is 0 Å². The van der Waals surface area contributed by atoms with Crippen molar-refractivity contribution >= 4 is 69.0 Å². The fraction of sp³-hybridized carbons (Fsp3) is 0. The van der Waals surface area contributed by atoms with Crippen molar-refractivity contribution in [2.24, 2.45) is 0 Å². The summed E-state index contributed by atoms with van der Waals surface area (Å²) in [6, 6.07) is 54.9. The Morgan fingerprint density at radius 1 is 0.341 bits per heavy atom. The van der Waals surface area contributed by atoms with Crippen molar-refractivity contribution in [1.82, 2.24) is 0 Å². The lowest BCUT2D eigenvalue weighted by Gasteiger charge is -2.20. The van der Waals surface area contributed by atoms with E-state index in [1.165, 1.54) is 32.0 Å². The molecule has 0 aliphatic carbocycles. The third-order valence-electron chi connectivity index (χ3n) is 6.79. The summed E-state index contributed by atoms with van der Waals surface area (Å²) in [6.07, 6.45) is 0. The average molecular weight is 585 g/mol. The van der Waals surface area contributed by atoms with Crippen LogP contribution in [0.25, 0.3) is 20.2 Å². The molecule has 1 aromatic heterocycles. The van der Waals surface area contributed by atoms with E-state index in [-0.39, 0.29) is 0 Å². The normalized spacial score (nSPS) is 11.4. The van der Waals surface area contributed by atoms with Gasteiger partial charge < -0.3 is 9.05 Å². The van der Waals surface area contributed by atoms with Crippen molar-refractivity contribution in [3.63, 3.8) is 0 Å². The molecule has 0 amide bonds. The summed E-state index contributed by atoms with van der Waals surface area (Å²) >= 11 is 1.75. The first-order valence-electron chi connectivity index (χ1n) is 13.5. The number of thiophene rings is 1. The molecule has 0 spiro atoms. The van der Waals surface area contributed by atoms with Crippen LogP contribution in [0.4, 0.5) is 0 Å². The highest BCUT2D eigenvalue weighted by molar-refractivity contribution is 7.69. The second kappa shape index (κ2) is 11.9. The Labute approximate surface area is 246 Å². The van der Waals surface area contributed by atoms with Gasteiger partial charge in [0.1, 0.15) is 11.5 Å². The van der Waals surface area contributed by atoms with E-state index in [4.69, 9.17) is 9.05 Å². The molecule has 0 unspecified atom stereocenters. The van der Waals surface area contributed by atoms with Crippen LogP contribution in [-0.4, -0.2) is 0 Å². The minimum atomic E-state index is -1.03. The highest BCUT2D eigenvalue weighted by atomic mass is 32.1. The molecular formula is C36H26O2P2S. The Kier molecular flexibility index (Phi) is 7.50. The summed E-state index contributed by atoms with van der Waals surface area (Å²) < 4.78 is 16.1. The van der Waals surface area contributed by atoms with Crippen LogP contribution in [0.3, 0.4) is 0 Å². The molecule has 7 rings (SSSR count). The summed E-state index contributed by atoms with van der Waals surface area (Å²) in [6.45, 7) is 0. The maximum Gasteiger partial charge on any atom is 0.150 e. The van der Waals surface area contributed by atoms with Gasteiger partial charge in [0, 0.05) is 32.0 Å². The molecule has 0 atom stereocenters. The molecule has 2 nitrogen and oxygen atoms in total. The molecule has 0 bridgehead atoms. The highest BCUT2D eigenvalue weighted by Crippen LogP contribution is 2.48. The quantitative estimate of drug-likeness (QED) is 0.166. The number of rotatable bonds is 8. The third kappa shape index (κ3) is 5.37. The van der Waals surface area contributed by atoms with Crippen molar-refractivity contribution in [1.29, 1.82) is 0 Å². The van der Waals surface area contributed by atoms with E-state index in [2.05, 4.69) is 158 Å². The Morgan fingerprint density at radius 2 is 0.659 bits per heavy atom. The topological polar surface area (TPSA) is 18.5 Å². The molecule has 7 aromatic rings. The van der Waals surface area contributed by atoms with Gasteiger partial charge >= 0.3 is 0 Å². The van der Waals surface area contributed by atoms with Gasteiger partial charge in [0.05, 0.1) is 9.40 Å². The molecule has 0 aliphatic rings. The summed E-state index contributed by atoms with van der Waals surface area (Å²) in [5.74, 6) is 1.81. The Bertz CT molecular complexity index is 1670. The second-order valence-corrected chi connectivity index (χ2v) is 14.1. The fourth-order valence-electron chi connectivity index (χ4n) is 4.87. The standard InChI is InChI=1S/C36H26O2P2S/c1-5-15-27(16-6-1)39(28-17-7-2-8-18-28)37-33-25-13-23-31-32-24-14-26-34(36(32)41-35(31)33)38-40(29-19-9-3-10-20-29)30-21-11-4-12-22-30/h1-26H. The molecule has 41 heavy (non-hydrogen) atoms. The first kappa shape index (κ1) is 25.9. The predicted octanol–water partition coefficient (Wildman–Crippen LogP) is 8.91. The number of benzene rings is 6. The van der Waals surface area contributed by atoms with Gasteiger partial charge in [0.15, 0.2) is 16.3 Å². The highest BCUT2D eigenvalue weighted by Gasteiger charge is 2.22. The lowest BCUT2D eigenvalue weighted by atomic mass is 10.1. The zero-order chi connectivity index (χ0) is 27.4. The van der Waals surface area contributed by atoms with Crippen molar-refractivity contribution in [3.05, 3.63) is 158 Å². The third-order valence-corrected chi connectivity index (χ3v) is 11.9. The zero-order valence-electron chi connectivity index (χ0n) is 22.1. The van der Waals surface area contributed by atoms with Crippen LogP contribution in [0.1, 0.15) is 0 Å². The predicted molar refractivity (Wildman–Crippen MR) is 179 cm³/mol. The van der Waals surface area contributed by atoms with E-state index in [0.717, 1.165) is 20.9 Å². The minimum Gasteiger partial charge on any atom is -0.463 e. The Balaban J connectivity index is 1.32. The van der Waals surface area contributed by atoms with Crippen LogP contribution in [0.5, 0.6) is 11.5 Å². The van der Waals surface area contributed by atoms with Crippen LogP contribution >= 0.6 is 27.6 Å². The van der Waals surface area contributed by atoms with Gasteiger partial charge in [-0.2, -0.15) is 0 Å². The smallest absolute Gasteiger partial charge is 0.150 e. The van der Waals surface area contributed by atoms with Crippen molar-refractivity contribution < 1.29 is 9.05 Å². The van der Waals surface area contributed by atoms with Crippen LogP contribution in [0.15, 0.2) is 158 Å². The van der Waals surface area contributed by atoms with Crippen LogP contribution in [0, 0.1) is 0 Å². The molecule has 6 aromatic carbocycles. The second-order valence-electron chi connectivity index (χ2n) is 9.48. The van der Waals surface area contributed by atoms with Gasteiger partial charge in [-0.05, 0) is 12.1 Å². The summed E-state index contributed by atoms with van der Waals surface area (Å²) in [5, 5.41) is 7.12. The van der Waals surface area contributed by atoms with Gasteiger partial charge in [-0.15, -0.1) is 11.3 Å². The van der Waals surface area contributed by atoms with Crippen molar-refractivity contribution in [2.45, 2.75) is 0 Å². The minimum absolute atomic E-state index is 0.904. The monoisotopic (exact) mass is 584 g/mol. The van der Waals surface area contributed by atoms with E-state index in [9.17, 15) is 0 Å². The van der Waals surface area contributed by atoms with Crippen LogP contribution in [0.2, 0.25) is 0 Å². The van der Waals surface area contributed by atoms with Gasteiger partial charge in [-0.3, -0.25) is 0 Å². The number of fused-ring (bicyclic) bond motifs is 3. The number of hydrogen-bond donors (Lipinski definition) is 0. The maximum atomic E-state index is 6.93. The van der Waals surface area contributed by atoms with E-state index in [0.29, 0.717) is 0 Å². The van der Waals surface area contributed by atoms with E-state index < -0.39 is 16.3 Å². The van der Waals surface area contributed by atoms with Crippen LogP contribution < -0.4 is 30.3 Å². The molecule has 0 saturated heterocycles. The van der Waals surface area contributed by atoms with Gasteiger partial charge in [-0.1, -0.05) is 146 Å². The van der Waals surface area contributed by atoms with Crippen molar-refractivity contribution in [3.8, 4) is 11.5 Å². The molecular weight excluding hydrogens is 558 g/mol. The average Bonchev–Trinajstić information content (AvgIpc) is 3.44. The lowest BCUT2D eigenvalue weighted by Crippen LogP contribution is -2.15. The maximum absolute atomic E-state index is 6.93. The first-order valence-corrected chi connectivity index (χ1v) is 16.8. The van der Waals surface area contributed by atoms with Gasteiger partial charge in [0.2, 0.25) is 0 Å². The molecule has 0 saturated carbocycles. The molecule has 0 radical (unpaired) electrons. The summed E-state index contributed by atoms with van der Waals surface area (Å²) in [7, 11) is -2.07. The van der Waals surface area contributed by atoms with E-state index >= 15 is 0 Å². The van der Waals surface area contributed by atoms with E-state index in [1.807, 2.05) is 0 Å². The summed E-state index contributed by atoms with van der Waals surface area (Å²) in [5.41, 5.74) is 0. The molecule has 198 valence electrons. The lowest BCUT2D eigenvalue weighted by molar-refractivity contribution is 0.638. The molecule has 0 fully saturated rings.